The number of rotatable bonds is 11. The van der Waals surface area contributed by atoms with E-state index in [2.05, 4.69) is 12.2 Å². The van der Waals surface area contributed by atoms with E-state index < -0.39 is 10.8 Å². The zero-order chi connectivity index (χ0) is 23.5. The van der Waals surface area contributed by atoms with E-state index in [9.17, 15) is 19.7 Å². The van der Waals surface area contributed by atoms with Gasteiger partial charge in [0.2, 0.25) is 0 Å². The van der Waals surface area contributed by atoms with Crippen molar-refractivity contribution in [1.82, 2.24) is 10.2 Å². The van der Waals surface area contributed by atoms with Crippen molar-refractivity contribution >= 4 is 23.6 Å². The van der Waals surface area contributed by atoms with Crippen LogP contribution in [0.25, 0.3) is 6.08 Å². The van der Waals surface area contributed by atoms with Gasteiger partial charge in [0.05, 0.1) is 11.5 Å². The van der Waals surface area contributed by atoms with Crippen LogP contribution in [-0.4, -0.2) is 41.3 Å². The maximum absolute atomic E-state index is 13.0. The fourth-order valence-electron chi connectivity index (χ4n) is 2.92. The molecule has 0 aromatic heterocycles. The van der Waals surface area contributed by atoms with Crippen LogP contribution in [0.1, 0.15) is 49.5 Å². The summed E-state index contributed by atoms with van der Waals surface area (Å²) in [5.41, 5.74) is 0.987. The molecule has 170 valence electrons. The van der Waals surface area contributed by atoms with Gasteiger partial charge in [0.15, 0.2) is 0 Å². The molecule has 1 N–H and O–H groups in total. The summed E-state index contributed by atoms with van der Waals surface area (Å²) in [6, 6.07) is 12.5. The first kappa shape index (κ1) is 24.6. The van der Waals surface area contributed by atoms with Crippen LogP contribution in [0.5, 0.6) is 5.75 Å². The van der Waals surface area contributed by atoms with E-state index in [0.717, 1.165) is 12.8 Å². The Morgan fingerprint density at radius 1 is 1.03 bits per heavy atom. The van der Waals surface area contributed by atoms with Gasteiger partial charge < -0.3 is 15.0 Å². The van der Waals surface area contributed by atoms with Gasteiger partial charge in [-0.05, 0) is 68.3 Å². The van der Waals surface area contributed by atoms with Crippen molar-refractivity contribution in [3.8, 4) is 5.75 Å². The summed E-state index contributed by atoms with van der Waals surface area (Å²) in [7, 11) is 0. The first-order chi connectivity index (χ1) is 15.4. The number of nitro benzene ring substituents is 1. The second kappa shape index (κ2) is 12.2. The molecule has 0 unspecified atom stereocenters. The molecular weight excluding hydrogens is 410 g/mol. The van der Waals surface area contributed by atoms with Crippen LogP contribution >= 0.6 is 0 Å². The molecule has 0 aliphatic heterocycles. The van der Waals surface area contributed by atoms with Crippen molar-refractivity contribution in [2.24, 2.45) is 0 Å². The summed E-state index contributed by atoms with van der Waals surface area (Å²) < 4.78 is 5.61. The monoisotopic (exact) mass is 439 g/mol. The Balaban J connectivity index is 2.24. The summed E-state index contributed by atoms with van der Waals surface area (Å²) in [6.45, 7) is 7.35. The van der Waals surface area contributed by atoms with E-state index in [1.807, 2.05) is 13.8 Å². The maximum Gasteiger partial charge on any atom is 0.270 e. The van der Waals surface area contributed by atoms with E-state index >= 15 is 0 Å². The third-order valence-electron chi connectivity index (χ3n) is 4.83. The lowest BCUT2D eigenvalue weighted by atomic mass is 10.1. The molecule has 0 spiro atoms. The van der Waals surface area contributed by atoms with E-state index in [0.29, 0.717) is 36.6 Å². The Hall–Kier alpha value is -3.68. The number of carbonyl (C=O) groups is 2. The van der Waals surface area contributed by atoms with Crippen LogP contribution in [0.15, 0.2) is 54.2 Å². The van der Waals surface area contributed by atoms with Gasteiger partial charge in [0.1, 0.15) is 11.4 Å². The molecule has 32 heavy (non-hydrogen) atoms. The summed E-state index contributed by atoms with van der Waals surface area (Å²) in [5, 5.41) is 13.6. The molecule has 2 aromatic rings. The summed E-state index contributed by atoms with van der Waals surface area (Å²) in [4.78, 5) is 37.7. The second-order valence-electron chi connectivity index (χ2n) is 7.06. The number of nitro groups is 1. The van der Waals surface area contributed by atoms with Crippen LogP contribution in [0.4, 0.5) is 5.69 Å². The van der Waals surface area contributed by atoms with Crippen molar-refractivity contribution in [3.63, 3.8) is 0 Å². The molecule has 0 aliphatic carbocycles. The first-order valence-corrected chi connectivity index (χ1v) is 10.7. The minimum atomic E-state index is -0.493. The molecule has 0 radical (unpaired) electrons. The Morgan fingerprint density at radius 3 is 2.19 bits per heavy atom. The van der Waals surface area contributed by atoms with E-state index in [1.54, 1.807) is 29.2 Å². The highest BCUT2D eigenvalue weighted by atomic mass is 16.6. The normalized spacial score (nSPS) is 11.0. The number of benzene rings is 2. The number of hydrogen-bond donors (Lipinski definition) is 1. The highest BCUT2D eigenvalue weighted by Gasteiger charge is 2.19. The van der Waals surface area contributed by atoms with E-state index in [-0.39, 0.29) is 17.3 Å². The Kier molecular flexibility index (Phi) is 9.41. The molecule has 0 saturated heterocycles. The number of hydrogen-bond acceptors (Lipinski definition) is 5. The zero-order valence-electron chi connectivity index (χ0n) is 18.7. The van der Waals surface area contributed by atoms with Crippen LogP contribution in [0.2, 0.25) is 0 Å². The first-order valence-electron chi connectivity index (χ1n) is 10.7. The van der Waals surface area contributed by atoms with Gasteiger partial charge in [0.25, 0.3) is 17.5 Å². The molecule has 2 amide bonds. The van der Waals surface area contributed by atoms with Crippen LogP contribution in [-0.2, 0) is 4.79 Å². The van der Waals surface area contributed by atoms with E-state index in [4.69, 9.17) is 4.74 Å². The minimum Gasteiger partial charge on any atom is -0.494 e. The third-order valence-corrected chi connectivity index (χ3v) is 4.83. The Bertz CT molecular complexity index is 949. The predicted molar refractivity (Wildman–Crippen MR) is 123 cm³/mol. The highest BCUT2D eigenvalue weighted by Crippen LogP contribution is 2.16. The molecule has 2 rings (SSSR count). The largest absolute Gasteiger partial charge is 0.494 e. The van der Waals surface area contributed by atoms with Crippen LogP contribution < -0.4 is 10.1 Å². The molecule has 8 nitrogen and oxygen atoms in total. The van der Waals surface area contributed by atoms with Gasteiger partial charge in [-0.2, -0.15) is 0 Å². The van der Waals surface area contributed by atoms with Gasteiger partial charge in [-0.3, -0.25) is 19.7 Å². The van der Waals surface area contributed by atoms with Crippen molar-refractivity contribution in [2.75, 3.05) is 19.7 Å². The fraction of sp³-hybridized carbons (Fsp3) is 0.333. The molecule has 0 aliphatic rings. The molecule has 0 saturated carbocycles. The fourth-order valence-corrected chi connectivity index (χ4v) is 2.92. The number of nitrogens with zero attached hydrogens (tertiary/aromatic N) is 2. The van der Waals surface area contributed by atoms with Crippen molar-refractivity contribution in [3.05, 3.63) is 75.5 Å². The zero-order valence-corrected chi connectivity index (χ0v) is 18.7. The van der Waals surface area contributed by atoms with Crippen molar-refractivity contribution in [1.29, 1.82) is 0 Å². The average molecular weight is 440 g/mol. The number of likely N-dealkylation sites (N-methyl/N-ethyl adjacent to an activating group) is 1. The van der Waals surface area contributed by atoms with Gasteiger partial charge in [-0.15, -0.1) is 0 Å². The van der Waals surface area contributed by atoms with Crippen molar-refractivity contribution in [2.45, 2.75) is 33.6 Å². The standard InChI is InChI=1S/C24H29N3O5/c1-4-7-16-32-21-14-10-19(11-15-21)23(28)25-22(24(29)26(5-2)6-3)17-18-8-12-20(13-9-18)27(30)31/h8-15,17H,4-7,16H2,1-3H3,(H,25,28). The second-order valence-corrected chi connectivity index (χ2v) is 7.06. The Labute approximate surface area is 188 Å². The topological polar surface area (TPSA) is 102 Å². The lowest BCUT2D eigenvalue weighted by molar-refractivity contribution is -0.384. The Morgan fingerprint density at radius 2 is 1.66 bits per heavy atom. The van der Waals surface area contributed by atoms with E-state index in [1.165, 1.54) is 30.3 Å². The molecule has 2 aromatic carbocycles. The number of carbonyl (C=O) groups excluding carboxylic acids is 2. The number of amides is 2. The molecule has 8 heteroatoms. The summed E-state index contributed by atoms with van der Waals surface area (Å²) >= 11 is 0. The van der Waals surface area contributed by atoms with Crippen LogP contribution in [0, 0.1) is 10.1 Å². The SMILES string of the molecule is CCCCOc1ccc(C(=O)NC(=Cc2ccc([N+](=O)[O-])cc2)C(=O)N(CC)CC)cc1. The number of unbranched alkanes of at least 4 members (excludes halogenated alkanes) is 1. The highest BCUT2D eigenvalue weighted by molar-refractivity contribution is 6.05. The molecule has 0 fully saturated rings. The molecule has 0 heterocycles. The number of nitrogens with one attached hydrogen (secondary N) is 1. The average Bonchev–Trinajstić information content (AvgIpc) is 2.80. The molecule has 0 atom stereocenters. The third kappa shape index (κ3) is 6.94. The maximum atomic E-state index is 13.0. The van der Waals surface area contributed by atoms with Crippen molar-refractivity contribution < 1.29 is 19.2 Å². The lowest BCUT2D eigenvalue weighted by Crippen LogP contribution is -2.38. The van der Waals surface area contributed by atoms with Crippen LogP contribution in [0.3, 0.4) is 0 Å². The van der Waals surface area contributed by atoms with Gasteiger partial charge in [-0.25, -0.2) is 0 Å². The summed E-state index contributed by atoms with van der Waals surface area (Å²) in [6.07, 6.45) is 3.50. The van der Waals surface area contributed by atoms with Gasteiger partial charge >= 0.3 is 0 Å². The quantitative estimate of drug-likeness (QED) is 0.242. The van der Waals surface area contributed by atoms with Gasteiger partial charge in [-0.1, -0.05) is 13.3 Å². The molecular formula is C24H29N3O5. The lowest BCUT2D eigenvalue weighted by Gasteiger charge is -2.21. The predicted octanol–water partition coefficient (Wildman–Crippen LogP) is 4.41. The number of non-ortho nitro benzene ring substituents is 1. The smallest absolute Gasteiger partial charge is 0.270 e. The minimum absolute atomic E-state index is 0.0518. The summed E-state index contributed by atoms with van der Waals surface area (Å²) in [5.74, 6) is -0.0872. The molecule has 0 bridgehead atoms. The van der Waals surface area contributed by atoms with Gasteiger partial charge in [0, 0.05) is 30.8 Å². The number of ether oxygens (including phenoxy) is 1.